The van der Waals surface area contributed by atoms with Crippen LogP contribution < -0.4 is 0 Å². The van der Waals surface area contributed by atoms with E-state index >= 15 is 0 Å². The van der Waals surface area contributed by atoms with Gasteiger partial charge in [-0.25, -0.2) is 4.57 Å². The summed E-state index contributed by atoms with van der Waals surface area (Å²) in [5.74, 6) is -0.796. The first kappa shape index (κ1) is 47.0. The maximum Gasteiger partial charge on any atom is 0.472 e. The van der Waals surface area contributed by atoms with E-state index in [1.54, 1.807) is 0 Å². The normalized spacial score (nSPS) is 13.7. The van der Waals surface area contributed by atoms with E-state index in [2.05, 4.69) is 13.8 Å². The summed E-state index contributed by atoms with van der Waals surface area (Å²) in [6.45, 7) is 4.38. The predicted molar refractivity (Wildman–Crippen MR) is 197 cm³/mol. The zero-order valence-corrected chi connectivity index (χ0v) is 32.9. The number of nitrogens with zero attached hydrogens (tertiary/aromatic N) is 1. The van der Waals surface area contributed by atoms with Crippen molar-refractivity contribution in [2.45, 2.75) is 187 Å². The highest BCUT2D eigenvalue weighted by atomic mass is 31.2. The molecular formula is C38H77NO8P+. The average molecular weight is 707 g/mol. The van der Waals surface area contributed by atoms with Gasteiger partial charge in [0, 0.05) is 12.8 Å². The zero-order chi connectivity index (χ0) is 35.8. The Morgan fingerprint density at radius 2 is 0.938 bits per heavy atom. The van der Waals surface area contributed by atoms with Gasteiger partial charge in [-0.05, 0) is 12.8 Å². The van der Waals surface area contributed by atoms with Crippen molar-refractivity contribution in [1.29, 1.82) is 0 Å². The average Bonchev–Trinajstić information content (AvgIpc) is 3.02. The molecule has 0 aliphatic heterocycles. The smallest absolute Gasteiger partial charge is 0.462 e. The monoisotopic (exact) mass is 707 g/mol. The van der Waals surface area contributed by atoms with E-state index in [0.717, 1.165) is 38.5 Å². The predicted octanol–water partition coefficient (Wildman–Crippen LogP) is 10.5. The van der Waals surface area contributed by atoms with E-state index in [9.17, 15) is 19.0 Å². The molecule has 0 spiro atoms. The molecule has 1 unspecified atom stereocenters. The number of ether oxygens (including phenoxy) is 2. The molecule has 0 radical (unpaired) electrons. The van der Waals surface area contributed by atoms with Gasteiger partial charge in [0.1, 0.15) is 19.8 Å². The van der Waals surface area contributed by atoms with Crippen molar-refractivity contribution in [2.24, 2.45) is 0 Å². The number of rotatable bonds is 36. The molecule has 2 atom stereocenters. The number of carbonyl (C=O) groups excluding carboxylic acids is 2. The molecule has 286 valence electrons. The number of carbonyl (C=O) groups is 2. The first-order valence-corrected chi connectivity index (χ1v) is 21.3. The van der Waals surface area contributed by atoms with E-state index in [1.807, 2.05) is 21.1 Å². The van der Waals surface area contributed by atoms with Crippen LogP contribution in [0.5, 0.6) is 0 Å². The Morgan fingerprint density at radius 3 is 1.33 bits per heavy atom. The first-order valence-electron chi connectivity index (χ1n) is 19.8. The second kappa shape index (κ2) is 32.0. The lowest BCUT2D eigenvalue weighted by Crippen LogP contribution is -2.37. The lowest BCUT2D eigenvalue weighted by atomic mass is 10.0. The van der Waals surface area contributed by atoms with Gasteiger partial charge in [-0.3, -0.25) is 18.6 Å². The van der Waals surface area contributed by atoms with Crippen LogP contribution in [0.25, 0.3) is 0 Å². The number of quaternary nitrogens is 1. The van der Waals surface area contributed by atoms with Crippen LogP contribution in [0.15, 0.2) is 0 Å². The Hall–Kier alpha value is -0.990. The SMILES string of the molecule is CCCCCCCCCCCCCCCCCCCC(=O)OC[C@H](COP(=O)(O)OCC[N+](C)(C)C)OC(=O)CCCCCCCCC. The lowest BCUT2D eigenvalue weighted by molar-refractivity contribution is -0.870. The minimum Gasteiger partial charge on any atom is -0.462 e. The van der Waals surface area contributed by atoms with Crippen molar-refractivity contribution in [3.05, 3.63) is 0 Å². The quantitative estimate of drug-likeness (QED) is 0.0297. The van der Waals surface area contributed by atoms with Crippen LogP contribution in [0.4, 0.5) is 0 Å². The molecule has 0 aliphatic carbocycles. The van der Waals surface area contributed by atoms with Gasteiger partial charge in [-0.1, -0.05) is 155 Å². The van der Waals surface area contributed by atoms with Crippen LogP contribution in [0, 0.1) is 0 Å². The van der Waals surface area contributed by atoms with Crippen LogP contribution >= 0.6 is 7.82 Å². The van der Waals surface area contributed by atoms with Crippen LogP contribution in [-0.2, 0) is 32.7 Å². The number of phosphoric ester groups is 1. The Balaban J connectivity index is 4.24. The Bertz CT molecular complexity index is 804. The molecule has 0 aromatic heterocycles. The summed E-state index contributed by atoms with van der Waals surface area (Å²) < 4.78 is 34.1. The van der Waals surface area contributed by atoms with Crippen LogP contribution in [-0.4, -0.2) is 74.9 Å². The molecule has 0 saturated heterocycles. The third kappa shape index (κ3) is 34.9. The highest BCUT2D eigenvalue weighted by molar-refractivity contribution is 7.47. The van der Waals surface area contributed by atoms with Crippen molar-refractivity contribution < 1.29 is 42.1 Å². The molecule has 0 aromatic rings. The summed E-state index contributed by atoms with van der Waals surface area (Å²) in [5, 5.41) is 0. The van der Waals surface area contributed by atoms with Crippen LogP contribution in [0.2, 0.25) is 0 Å². The van der Waals surface area contributed by atoms with Crippen molar-refractivity contribution in [1.82, 2.24) is 0 Å². The van der Waals surface area contributed by atoms with Gasteiger partial charge in [-0.2, -0.15) is 0 Å². The number of likely N-dealkylation sites (N-methyl/N-ethyl adjacent to an activating group) is 1. The molecule has 0 aliphatic rings. The second-order valence-electron chi connectivity index (χ2n) is 14.7. The highest BCUT2D eigenvalue weighted by Crippen LogP contribution is 2.43. The van der Waals surface area contributed by atoms with E-state index in [0.29, 0.717) is 23.9 Å². The summed E-state index contributed by atoms with van der Waals surface area (Å²) in [6, 6.07) is 0. The molecule has 9 nitrogen and oxygen atoms in total. The molecule has 0 saturated carbocycles. The lowest BCUT2D eigenvalue weighted by Gasteiger charge is -2.24. The maximum absolute atomic E-state index is 12.5. The number of phosphoric acid groups is 1. The Kier molecular flexibility index (Phi) is 31.3. The van der Waals surface area contributed by atoms with E-state index < -0.39 is 26.5 Å². The van der Waals surface area contributed by atoms with Gasteiger partial charge in [0.2, 0.25) is 0 Å². The third-order valence-corrected chi connectivity index (χ3v) is 9.62. The molecule has 48 heavy (non-hydrogen) atoms. The van der Waals surface area contributed by atoms with Crippen LogP contribution in [0.1, 0.15) is 181 Å². The van der Waals surface area contributed by atoms with Gasteiger partial charge >= 0.3 is 19.8 Å². The molecule has 0 aromatic carbocycles. The molecule has 0 bridgehead atoms. The minimum atomic E-state index is -4.35. The number of hydrogen-bond donors (Lipinski definition) is 1. The van der Waals surface area contributed by atoms with Crippen molar-refractivity contribution in [3.8, 4) is 0 Å². The van der Waals surface area contributed by atoms with Gasteiger partial charge in [0.25, 0.3) is 0 Å². The van der Waals surface area contributed by atoms with E-state index in [4.69, 9.17) is 18.5 Å². The zero-order valence-electron chi connectivity index (χ0n) is 32.0. The summed E-state index contributed by atoms with van der Waals surface area (Å²) in [5.41, 5.74) is 0. The minimum absolute atomic E-state index is 0.0360. The van der Waals surface area contributed by atoms with Gasteiger partial charge in [0.05, 0.1) is 27.7 Å². The topological polar surface area (TPSA) is 108 Å². The van der Waals surface area contributed by atoms with Crippen molar-refractivity contribution in [3.63, 3.8) is 0 Å². The van der Waals surface area contributed by atoms with Gasteiger partial charge in [-0.15, -0.1) is 0 Å². The fraction of sp³-hybridized carbons (Fsp3) is 0.947. The number of unbranched alkanes of at least 4 members (excludes halogenated alkanes) is 22. The molecule has 0 amide bonds. The standard InChI is InChI=1S/C38H76NO8P/c1-6-8-10-12-14-15-16-17-18-19-20-21-22-23-25-26-28-30-37(40)44-34-36(35-46-48(42,43)45-33-32-39(3,4)5)47-38(41)31-29-27-24-13-11-9-7-2/h36H,6-35H2,1-5H3/p+1/t36-/m1/s1. The summed E-state index contributed by atoms with van der Waals surface area (Å²) in [6.07, 6.45) is 28.8. The van der Waals surface area contributed by atoms with Crippen molar-refractivity contribution >= 4 is 19.8 Å². The second-order valence-corrected chi connectivity index (χ2v) is 16.1. The largest absolute Gasteiger partial charge is 0.472 e. The summed E-state index contributed by atoms with van der Waals surface area (Å²) in [4.78, 5) is 35.0. The number of esters is 2. The summed E-state index contributed by atoms with van der Waals surface area (Å²) >= 11 is 0. The Morgan fingerprint density at radius 1 is 0.562 bits per heavy atom. The first-order chi connectivity index (χ1) is 23.0. The van der Waals surface area contributed by atoms with Gasteiger partial charge in [0.15, 0.2) is 6.10 Å². The molecule has 0 rings (SSSR count). The molecule has 0 heterocycles. The third-order valence-electron chi connectivity index (χ3n) is 8.64. The fourth-order valence-electron chi connectivity index (χ4n) is 5.48. The van der Waals surface area contributed by atoms with Crippen LogP contribution in [0.3, 0.4) is 0 Å². The molecule has 10 heteroatoms. The molecular weight excluding hydrogens is 629 g/mol. The fourth-order valence-corrected chi connectivity index (χ4v) is 6.23. The molecule has 0 fully saturated rings. The Labute approximate surface area is 295 Å². The maximum atomic E-state index is 12.5. The number of hydrogen-bond acceptors (Lipinski definition) is 7. The molecule has 1 N–H and O–H groups in total. The summed E-state index contributed by atoms with van der Waals surface area (Å²) in [7, 11) is 1.49. The van der Waals surface area contributed by atoms with E-state index in [1.165, 1.54) is 109 Å². The van der Waals surface area contributed by atoms with Crippen molar-refractivity contribution in [2.75, 3.05) is 47.5 Å². The van der Waals surface area contributed by atoms with Gasteiger partial charge < -0.3 is 18.9 Å². The van der Waals surface area contributed by atoms with E-state index in [-0.39, 0.29) is 25.6 Å². The highest BCUT2D eigenvalue weighted by Gasteiger charge is 2.27.